The number of carboxylic acid groups (broad SMARTS) is 1. The summed E-state index contributed by atoms with van der Waals surface area (Å²) < 4.78 is 60.9. The number of carboxylic acids is 1. The van der Waals surface area contributed by atoms with Gasteiger partial charge in [-0.15, -0.1) is 0 Å². The van der Waals surface area contributed by atoms with E-state index in [1.807, 2.05) is 0 Å². The molecule has 1 aliphatic heterocycles. The fourth-order valence-corrected chi connectivity index (χ4v) is 1.49. The summed E-state index contributed by atoms with van der Waals surface area (Å²) in [5.41, 5.74) is 0. The molecule has 0 saturated carbocycles. The van der Waals surface area contributed by atoms with Crippen LogP contribution in [-0.4, -0.2) is 47.1 Å². The lowest BCUT2D eigenvalue weighted by Gasteiger charge is -2.40. The number of carbonyl (C=O) groups is 2. The van der Waals surface area contributed by atoms with Crippen molar-refractivity contribution in [3.05, 3.63) is 0 Å². The second-order valence-electron chi connectivity index (χ2n) is 3.79. The van der Waals surface area contributed by atoms with Crippen LogP contribution in [0.3, 0.4) is 0 Å². The lowest BCUT2D eigenvalue weighted by molar-refractivity contribution is -0.194. The van der Waals surface area contributed by atoms with Crippen molar-refractivity contribution in [2.45, 2.75) is 18.5 Å². The van der Waals surface area contributed by atoms with Gasteiger partial charge in [0.2, 0.25) is 0 Å². The molecule has 1 fully saturated rings. The molecule has 0 unspecified atom stereocenters. The molecular formula is C8H8F5NO3. The molecule has 0 aromatic carbocycles. The average Bonchev–Trinajstić information content (AvgIpc) is 2.07. The Kier molecular flexibility index (Phi) is 3.30. The smallest absolute Gasteiger partial charge is 0.471 e. The molecule has 1 saturated heterocycles. The summed E-state index contributed by atoms with van der Waals surface area (Å²) in [6.07, 6.45) is -6.09. The zero-order chi connectivity index (χ0) is 13.4. The fourth-order valence-electron chi connectivity index (χ4n) is 1.49. The second-order valence-corrected chi connectivity index (χ2v) is 3.79. The zero-order valence-corrected chi connectivity index (χ0v) is 8.30. The molecule has 1 rings (SSSR count). The van der Waals surface area contributed by atoms with Crippen LogP contribution in [0.4, 0.5) is 22.0 Å². The van der Waals surface area contributed by atoms with Crippen LogP contribution in [0.2, 0.25) is 0 Å². The van der Waals surface area contributed by atoms with E-state index in [9.17, 15) is 31.5 Å². The number of hydrogen-bond donors (Lipinski definition) is 1. The quantitative estimate of drug-likeness (QED) is 0.774. The van der Waals surface area contributed by atoms with Gasteiger partial charge >= 0.3 is 24.0 Å². The second kappa shape index (κ2) is 4.11. The Hall–Kier alpha value is -1.41. The summed E-state index contributed by atoms with van der Waals surface area (Å²) in [5.74, 6) is -9.31. The first-order valence-electron chi connectivity index (χ1n) is 4.51. The van der Waals surface area contributed by atoms with Gasteiger partial charge < -0.3 is 10.0 Å². The number of hydrogen-bond acceptors (Lipinski definition) is 2. The molecule has 1 aliphatic rings. The summed E-state index contributed by atoms with van der Waals surface area (Å²) in [6, 6.07) is 0. The molecule has 1 N–H and O–H groups in total. The normalized spacial score (nSPS) is 17.8. The van der Waals surface area contributed by atoms with Gasteiger partial charge in [0.15, 0.2) is 0 Å². The van der Waals surface area contributed by atoms with E-state index in [0.29, 0.717) is 4.90 Å². The minimum Gasteiger partial charge on any atom is -0.477 e. The van der Waals surface area contributed by atoms with E-state index in [1.165, 1.54) is 0 Å². The van der Waals surface area contributed by atoms with E-state index < -0.39 is 49.4 Å². The number of nitrogens with zero attached hydrogens (tertiary/aromatic N) is 1. The molecule has 0 spiro atoms. The molecule has 9 heteroatoms. The standard InChI is InChI=1S/C8H8F5NO3/c9-7(10,6(16)17)1-4-2-14(3-4)5(15)8(11,12)13/h4H,1-3H2,(H,16,17). The molecule has 0 aromatic heterocycles. The van der Waals surface area contributed by atoms with Crippen molar-refractivity contribution < 1.29 is 36.6 Å². The van der Waals surface area contributed by atoms with Crippen molar-refractivity contribution in [2.75, 3.05) is 13.1 Å². The fraction of sp³-hybridized carbons (Fsp3) is 0.750. The highest BCUT2D eigenvalue weighted by molar-refractivity contribution is 5.82. The van der Waals surface area contributed by atoms with Crippen LogP contribution in [0.25, 0.3) is 0 Å². The molecule has 17 heavy (non-hydrogen) atoms. The van der Waals surface area contributed by atoms with Gasteiger partial charge in [-0.1, -0.05) is 0 Å². The van der Waals surface area contributed by atoms with E-state index in [2.05, 4.69) is 0 Å². The molecular weight excluding hydrogens is 253 g/mol. The summed E-state index contributed by atoms with van der Waals surface area (Å²) in [6.45, 7) is -0.998. The lowest BCUT2D eigenvalue weighted by atomic mass is 9.93. The van der Waals surface area contributed by atoms with E-state index in [-0.39, 0.29) is 0 Å². The van der Waals surface area contributed by atoms with Gasteiger partial charge in [-0.2, -0.15) is 22.0 Å². The SMILES string of the molecule is O=C(N1CC(CC(F)(F)C(=O)O)C1)C(F)(F)F. The van der Waals surface area contributed by atoms with E-state index in [0.717, 1.165) is 0 Å². The highest BCUT2D eigenvalue weighted by Crippen LogP contribution is 2.32. The van der Waals surface area contributed by atoms with Gasteiger partial charge in [-0.25, -0.2) is 4.79 Å². The zero-order valence-electron chi connectivity index (χ0n) is 8.30. The van der Waals surface area contributed by atoms with Crippen LogP contribution >= 0.6 is 0 Å². The minimum absolute atomic E-state index is 0.364. The maximum atomic E-state index is 12.7. The number of likely N-dealkylation sites (tertiary alicyclic amines) is 1. The summed E-state index contributed by atoms with van der Waals surface area (Å²) in [4.78, 5) is 21.0. The van der Waals surface area contributed by atoms with Crippen LogP contribution in [-0.2, 0) is 9.59 Å². The Morgan fingerprint density at radius 3 is 2.00 bits per heavy atom. The molecule has 98 valence electrons. The first-order valence-corrected chi connectivity index (χ1v) is 4.51. The van der Waals surface area contributed by atoms with E-state index >= 15 is 0 Å². The molecule has 1 amide bonds. The minimum atomic E-state index is -5.03. The highest BCUT2D eigenvalue weighted by atomic mass is 19.4. The molecule has 0 aromatic rings. The van der Waals surface area contributed by atoms with Crippen molar-refractivity contribution in [1.82, 2.24) is 4.90 Å². The van der Waals surface area contributed by atoms with Crippen LogP contribution in [0.1, 0.15) is 6.42 Å². The van der Waals surface area contributed by atoms with Gasteiger partial charge in [0, 0.05) is 25.4 Å². The monoisotopic (exact) mass is 261 g/mol. The van der Waals surface area contributed by atoms with Crippen molar-refractivity contribution in [3.63, 3.8) is 0 Å². The first kappa shape index (κ1) is 13.7. The number of rotatable bonds is 3. The van der Waals surface area contributed by atoms with Crippen LogP contribution in [0.5, 0.6) is 0 Å². The van der Waals surface area contributed by atoms with Gasteiger partial charge in [-0.3, -0.25) is 4.79 Å². The van der Waals surface area contributed by atoms with Crippen molar-refractivity contribution in [2.24, 2.45) is 5.92 Å². The largest absolute Gasteiger partial charge is 0.477 e. The van der Waals surface area contributed by atoms with Gasteiger partial charge in [-0.05, 0) is 0 Å². The summed E-state index contributed by atoms with van der Waals surface area (Å²) >= 11 is 0. The number of amides is 1. The number of halogens is 5. The Labute approximate surface area is 92.0 Å². The molecule has 0 aliphatic carbocycles. The maximum absolute atomic E-state index is 12.7. The van der Waals surface area contributed by atoms with Gasteiger partial charge in [0.1, 0.15) is 0 Å². The Morgan fingerprint density at radius 1 is 1.18 bits per heavy atom. The third-order valence-electron chi connectivity index (χ3n) is 2.34. The summed E-state index contributed by atoms with van der Waals surface area (Å²) in [5, 5.41) is 8.10. The van der Waals surface area contributed by atoms with Crippen LogP contribution < -0.4 is 0 Å². The lowest BCUT2D eigenvalue weighted by Crippen LogP contribution is -2.56. The number of carbonyl (C=O) groups excluding carboxylic acids is 1. The van der Waals surface area contributed by atoms with Gasteiger partial charge in [0.25, 0.3) is 0 Å². The van der Waals surface area contributed by atoms with Crippen molar-refractivity contribution >= 4 is 11.9 Å². The highest BCUT2D eigenvalue weighted by Gasteiger charge is 2.50. The first-order chi connectivity index (χ1) is 7.54. The number of alkyl halides is 5. The Bertz CT molecular complexity index is 335. The van der Waals surface area contributed by atoms with Crippen LogP contribution in [0.15, 0.2) is 0 Å². The van der Waals surface area contributed by atoms with E-state index in [4.69, 9.17) is 5.11 Å². The molecule has 0 radical (unpaired) electrons. The Balaban J connectivity index is 2.43. The summed E-state index contributed by atoms with van der Waals surface area (Å²) in [7, 11) is 0. The number of aliphatic carboxylic acids is 1. The third-order valence-corrected chi connectivity index (χ3v) is 2.34. The molecule has 1 heterocycles. The van der Waals surface area contributed by atoms with Gasteiger partial charge in [0.05, 0.1) is 0 Å². The van der Waals surface area contributed by atoms with Crippen molar-refractivity contribution in [1.29, 1.82) is 0 Å². The predicted molar refractivity (Wildman–Crippen MR) is 43.3 cm³/mol. The topological polar surface area (TPSA) is 57.6 Å². The molecule has 0 bridgehead atoms. The average molecular weight is 261 g/mol. The predicted octanol–water partition coefficient (Wildman–Crippen LogP) is 1.12. The third kappa shape index (κ3) is 3.04. The van der Waals surface area contributed by atoms with E-state index in [1.54, 1.807) is 0 Å². The maximum Gasteiger partial charge on any atom is 0.471 e. The van der Waals surface area contributed by atoms with Crippen molar-refractivity contribution in [3.8, 4) is 0 Å². The van der Waals surface area contributed by atoms with Crippen LogP contribution in [0, 0.1) is 5.92 Å². The molecule has 0 atom stereocenters. The Morgan fingerprint density at radius 2 is 1.65 bits per heavy atom. The molecule has 4 nitrogen and oxygen atoms in total.